The van der Waals surface area contributed by atoms with Crippen LogP contribution in [-0.4, -0.2) is 39.8 Å². The van der Waals surface area contributed by atoms with Crippen LogP contribution < -0.4 is 20.1 Å². The first-order chi connectivity index (χ1) is 11.8. The van der Waals surface area contributed by atoms with Gasteiger partial charge in [-0.15, -0.1) is 35.3 Å². The van der Waals surface area contributed by atoms with E-state index in [1.165, 1.54) is 4.88 Å². The first-order valence-electron chi connectivity index (χ1n) is 8.05. The predicted octanol–water partition coefficient (Wildman–Crippen LogP) is 3.55. The van der Waals surface area contributed by atoms with Crippen molar-refractivity contribution < 1.29 is 9.47 Å². The summed E-state index contributed by atoms with van der Waals surface area (Å²) in [6, 6.07) is 11.9. The first kappa shape index (κ1) is 21.6. The molecule has 0 bridgehead atoms. The number of guanidine groups is 1. The smallest absolute Gasteiger partial charge is 0.190 e. The Balaban J connectivity index is 0.00000312. The highest BCUT2D eigenvalue weighted by atomic mass is 127. The van der Waals surface area contributed by atoms with Gasteiger partial charge in [0.1, 0.15) is 11.5 Å². The van der Waals surface area contributed by atoms with E-state index in [4.69, 9.17) is 9.47 Å². The van der Waals surface area contributed by atoms with Gasteiger partial charge in [-0.25, -0.2) is 0 Å². The molecule has 0 atom stereocenters. The number of hydrogen-bond donors (Lipinski definition) is 2. The van der Waals surface area contributed by atoms with Crippen molar-refractivity contribution >= 4 is 41.3 Å². The van der Waals surface area contributed by atoms with Gasteiger partial charge in [-0.3, -0.25) is 4.99 Å². The molecule has 0 amide bonds. The second-order valence-electron chi connectivity index (χ2n) is 5.14. The number of benzene rings is 1. The Bertz CT molecular complexity index is 621. The number of halogens is 1. The summed E-state index contributed by atoms with van der Waals surface area (Å²) < 4.78 is 10.9. The Kier molecular flexibility index (Phi) is 11.1. The molecule has 0 saturated carbocycles. The van der Waals surface area contributed by atoms with Gasteiger partial charge in [-0.1, -0.05) is 12.1 Å². The van der Waals surface area contributed by atoms with Crippen molar-refractivity contribution in [3.63, 3.8) is 0 Å². The molecule has 0 aliphatic carbocycles. The number of methoxy groups -OCH3 is 1. The van der Waals surface area contributed by atoms with Crippen molar-refractivity contribution in [3.05, 3.63) is 46.7 Å². The third-order valence-electron chi connectivity index (χ3n) is 3.39. The van der Waals surface area contributed by atoms with Crippen molar-refractivity contribution in [1.82, 2.24) is 10.6 Å². The summed E-state index contributed by atoms with van der Waals surface area (Å²) in [7, 11) is 3.44. The van der Waals surface area contributed by atoms with E-state index in [1.807, 2.05) is 24.3 Å². The summed E-state index contributed by atoms with van der Waals surface area (Å²) >= 11 is 1.78. The lowest BCUT2D eigenvalue weighted by atomic mass is 10.3. The second kappa shape index (κ2) is 12.8. The van der Waals surface area contributed by atoms with Crippen LogP contribution in [0.3, 0.4) is 0 Å². The quantitative estimate of drug-likeness (QED) is 0.252. The van der Waals surface area contributed by atoms with E-state index in [1.54, 1.807) is 25.5 Å². The normalized spacial score (nSPS) is 10.7. The molecule has 1 aromatic heterocycles. The highest BCUT2D eigenvalue weighted by Crippen LogP contribution is 2.18. The number of nitrogens with one attached hydrogen (secondary N) is 2. The maximum Gasteiger partial charge on any atom is 0.190 e. The van der Waals surface area contributed by atoms with E-state index < -0.39 is 0 Å². The largest absolute Gasteiger partial charge is 0.497 e. The predicted molar refractivity (Wildman–Crippen MR) is 116 cm³/mol. The van der Waals surface area contributed by atoms with Crippen LogP contribution in [0.2, 0.25) is 0 Å². The molecule has 0 unspecified atom stereocenters. The van der Waals surface area contributed by atoms with Gasteiger partial charge in [-0.2, -0.15) is 0 Å². The van der Waals surface area contributed by atoms with Crippen LogP contribution in [-0.2, 0) is 6.42 Å². The summed E-state index contributed by atoms with van der Waals surface area (Å²) in [5.41, 5.74) is 0. The highest BCUT2D eigenvalue weighted by molar-refractivity contribution is 14.0. The summed E-state index contributed by atoms with van der Waals surface area (Å²) in [6.45, 7) is 2.33. The van der Waals surface area contributed by atoms with E-state index >= 15 is 0 Å². The lowest BCUT2D eigenvalue weighted by Crippen LogP contribution is -2.39. The van der Waals surface area contributed by atoms with Crippen molar-refractivity contribution in [2.75, 3.05) is 33.9 Å². The first-order valence-corrected chi connectivity index (χ1v) is 8.93. The molecule has 2 aromatic rings. The topological polar surface area (TPSA) is 54.9 Å². The molecule has 0 spiro atoms. The van der Waals surface area contributed by atoms with Crippen LogP contribution in [0.15, 0.2) is 46.8 Å². The summed E-state index contributed by atoms with van der Waals surface area (Å²) in [5.74, 6) is 2.46. The van der Waals surface area contributed by atoms with Crippen LogP contribution >= 0.6 is 35.3 Å². The minimum absolute atomic E-state index is 0. The van der Waals surface area contributed by atoms with Crippen molar-refractivity contribution in [1.29, 1.82) is 0 Å². The van der Waals surface area contributed by atoms with Crippen molar-refractivity contribution in [2.45, 2.75) is 12.8 Å². The van der Waals surface area contributed by atoms with Gasteiger partial charge in [-0.05, 0) is 36.4 Å². The van der Waals surface area contributed by atoms with E-state index in [0.717, 1.165) is 43.4 Å². The van der Waals surface area contributed by atoms with E-state index in [2.05, 4.69) is 33.1 Å². The standard InChI is InChI=1S/C18H25N3O2S.HI/c1-19-18(21-11-9-17-8-4-13-24-17)20-10-5-12-23-16-7-3-6-15(14-16)22-2;/h3-4,6-8,13-14H,5,9-12H2,1-2H3,(H2,19,20,21);1H. The zero-order valence-electron chi connectivity index (χ0n) is 14.7. The van der Waals surface area contributed by atoms with Crippen molar-refractivity contribution in [2.24, 2.45) is 4.99 Å². The van der Waals surface area contributed by atoms with Crippen molar-refractivity contribution in [3.8, 4) is 11.5 Å². The van der Waals surface area contributed by atoms with Crippen LogP contribution in [0.4, 0.5) is 0 Å². The minimum Gasteiger partial charge on any atom is -0.497 e. The highest BCUT2D eigenvalue weighted by Gasteiger charge is 1.99. The maximum absolute atomic E-state index is 5.72. The Morgan fingerprint density at radius 3 is 2.64 bits per heavy atom. The third-order valence-corrected chi connectivity index (χ3v) is 4.33. The van der Waals surface area contributed by atoms with E-state index in [9.17, 15) is 0 Å². The Morgan fingerprint density at radius 1 is 1.12 bits per heavy atom. The molecule has 7 heteroatoms. The Morgan fingerprint density at radius 2 is 1.92 bits per heavy atom. The molecule has 1 heterocycles. The van der Waals surface area contributed by atoms with Crippen LogP contribution in [0.5, 0.6) is 11.5 Å². The molecule has 1 aromatic carbocycles. The van der Waals surface area contributed by atoms with Gasteiger partial charge < -0.3 is 20.1 Å². The number of ether oxygens (including phenoxy) is 2. The lowest BCUT2D eigenvalue weighted by Gasteiger charge is -2.12. The van der Waals surface area contributed by atoms with E-state index in [-0.39, 0.29) is 24.0 Å². The monoisotopic (exact) mass is 475 g/mol. The minimum atomic E-state index is 0. The molecule has 5 nitrogen and oxygen atoms in total. The van der Waals surface area contributed by atoms with Gasteiger partial charge in [0.2, 0.25) is 0 Å². The van der Waals surface area contributed by atoms with Gasteiger partial charge >= 0.3 is 0 Å². The SMILES string of the molecule is CN=C(NCCCOc1cccc(OC)c1)NCCc1cccs1.I. The zero-order valence-corrected chi connectivity index (χ0v) is 17.8. The Labute approximate surface area is 170 Å². The lowest BCUT2D eigenvalue weighted by molar-refractivity contribution is 0.308. The van der Waals surface area contributed by atoms with Gasteiger partial charge in [0.15, 0.2) is 5.96 Å². The fourth-order valence-electron chi connectivity index (χ4n) is 2.14. The molecular formula is C18H26IN3O2S. The van der Waals surface area contributed by atoms with Gasteiger partial charge in [0, 0.05) is 31.1 Å². The fourth-order valence-corrected chi connectivity index (χ4v) is 2.85. The number of rotatable bonds is 9. The summed E-state index contributed by atoms with van der Waals surface area (Å²) in [6.07, 6.45) is 1.90. The molecule has 0 radical (unpaired) electrons. The average molecular weight is 475 g/mol. The number of thiophene rings is 1. The number of aliphatic imine (C=N–C) groups is 1. The molecule has 25 heavy (non-hydrogen) atoms. The summed E-state index contributed by atoms with van der Waals surface area (Å²) in [5, 5.41) is 8.72. The number of hydrogen-bond acceptors (Lipinski definition) is 4. The molecule has 2 N–H and O–H groups in total. The van der Waals surface area contributed by atoms with Gasteiger partial charge in [0.25, 0.3) is 0 Å². The molecule has 2 rings (SSSR count). The molecule has 0 aliphatic rings. The fraction of sp³-hybridized carbons (Fsp3) is 0.389. The second-order valence-corrected chi connectivity index (χ2v) is 6.17. The molecular weight excluding hydrogens is 449 g/mol. The van der Waals surface area contributed by atoms with Crippen LogP contribution in [0.1, 0.15) is 11.3 Å². The van der Waals surface area contributed by atoms with Crippen LogP contribution in [0, 0.1) is 0 Å². The Hall–Kier alpha value is -1.48. The average Bonchev–Trinajstić information content (AvgIpc) is 3.13. The number of nitrogens with zero attached hydrogens (tertiary/aromatic N) is 1. The molecule has 0 saturated heterocycles. The maximum atomic E-state index is 5.72. The molecule has 138 valence electrons. The van der Waals surface area contributed by atoms with Crippen LogP contribution in [0.25, 0.3) is 0 Å². The third kappa shape index (κ3) is 8.44. The van der Waals surface area contributed by atoms with Gasteiger partial charge in [0.05, 0.1) is 13.7 Å². The zero-order chi connectivity index (χ0) is 17.0. The summed E-state index contributed by atoms with van der Waals surface area (Å²) in [4.78, 5) is 5.61. The van der Waals surface area contributed by atoms with E-state index in [0.29, 0.717) is 6.61 Å². The molecule has 0 aliphatic heterocycles. The molecule has 0 fully saturated rings.